The van der Waals surface area contributed by atoms with Crippen LogP contribution in [0.2, 0.25) is 0 Å². The number of aromatic nitrogens is 1. The number of nitrogens with one attached hydrogen (secondary N) is 1. The first-order chi connectivity index (χ1) is 31.3. The maximum atomic E-state index is 17.7. The molecule has 1 aromatic heterocycles. The van der Waals surface area contributed by atoms with E-state index in [1.54, 1.807) is 63.5 Å². The summed E-state index contributed by atoms with van der Waals surface area (Å²) in [4.78, 5) is 68.8. The number of Topliss-reactive ketones (excluding diaryl/α,β-unsaturated/α-hetero) is 1. The number of pyridine rings is 1. The number of benzene rings is 2. The van der Waals surface area contributed by atoms with Crippen LogP contribution in [0.15, 0.2) is 84.7 Å². The number of aliphatic hydroxyl groups is 1. The van der Waals surface area contributed by atoms with Gasteiger partial charge in [-0.3, -0.25) is 19.4 Å². The van der Waals surface area contributed by atoms with E-state index in [0.29, 0.717) is 16.8 Å². The lowest BCUT2D eigenvalue weighted by molar-refractivity contribution is -0.249. The van der Waals surface area contributed by atoms with E-state index in [9.17, 15) is 29.1 Å². The molecule has 0 spiro atoms. The van der Waals surface area contributed by atoms with E-state index < -0.39 is 101 Å². The van der Waals surface area contributed by atoms with Gasteiger partial charge >= 0.3 is 11.9 Å². The lowest BCUT2D eigenvalue weighted by Crippen LogP contribution is -2.71. The van der Waals surface area contributed by atoms with Gasteiger partial charge in [-0.05, 0) is 98.4 Å². The number of amides is 1. The van der Waals surface area contributed by atoms with E-state index in [4.69, 9.17) is 34.2 Å². The predicted octanol–water partition coefficient (Wildman–Crippen LogP) is 4.92. The van der Waals surface area contributed by atoms with Gasteiger partial charge in [-0.1, -0.05) is 43.3 Å². The van der Waals surface area contributed by atoms with Crippen molar-refractivity contribution < 1.29 is 66.3 Å². The van der Waals surface area contributed by atoms with Gasteiger partial charge in [0, 0.05) is 46.8 Å². The molecule has 352 valence electrons. The first kappa shape index (κ1) is 47.2. The van der Waals surface area contributed by atoms with Crippen LogP contribution in [0, 0.1) is 22.7 Å². The van der Waals surface area contributed by atoms with Gasteiger partial charge < -0.3 is 44.6 Å². The number of aliphatic hydroxyl groups excluding tert-OH is 1. The number of fused-ring (bicyclic) bond motifs is 8. The lowest BCUT2D eigenvalue weighted by atomic mass is 9.44. The monoisotopic (exact) mass is 915 g/mol. The average Bonchev–Trinajstić information content (AvgIpc) is 3.70. The van der Waals surface area contributed by atoms with Crippen LogP contribution in [-0.4, -0.2) is 115 Å². The van der Waals surface area contributed by atoms with Gasteiger partial charge in [-0.15, -0.1) is 0 Å². The van der Waals surface area contributed by atoms with Gasteiger partial charge in [0.2, 0.25) is 11.7 Å². The second-order valence-electron chi connectivity index (χ2n) is 18.7. The molecular weight excluding hydrogens is 861 g/mol. The molecule has 0 unspecified atom stereocenters. The lowest BCUT2D eigenvalue weighted by Gasteiger charge is -2.63. The molecule has 4 aliphatic carbocycles. The Balaban J connectivity index is 0.774. The summed E-state index contributed by atoms with van der Waals surface area (Å²) in [6, 6.07) is 14.4. The Morgan fingerprint density at radius 3 is 2.36 bits per heavy atom. The third-order valence-electron chi connectivity index (χ3n) is 14.5. The molecule has 0 radical (unpaired) electrons. The van der Waals surface area contributed by atoms with Gasteiger partial charge in [-0.2, -0.15) is 0 Å². The van der Waals surface area contributed by atoms with E-state index in [-0.39, 0.29) is 63.7 Å². The Morgan fingerprint density at radius 2 is 1.65 bits per heavy atom. The number of anilines is 1. The number of ether oxygens (including phenoxy) is 6. The number of ketones is 2. The largest absolute Gasteiger partial charge is 0.459 e. The SMILES string of the molecule is CC1(C)O[C@@H]2C[C@H]3[C@@H]4C[C@H](F)C5=CC(=O)C=C[C@]5(C)[C@@]4(F)[C@@H](O)C[C@]3(C)[C@]2(C(=O)COC(=O)COCCOCC(=O)OCc2ccc([C@@H](CN)C(=O)Nc3ccc4cnccc4c3)cc2)O1. The molecule has 3 saturated carbocycles. The Morgan fingerprint density at radius 1 is 0.939 bits per heavy atom. The fourth-order valence-corrected chi connectivity index (χ4v) is 11.4. The normalized spacial score (nSPS) is 32.0. The maximum absolute atomic E-state index is 17.7. The highest BCUT2D eigenvalue weighted by Gasteiger charge is 2.80. The maximum Gasteiger partial charge on any atom is 0.332 e. The summed E-state index contributed by atoms with van der Waals surface area (Å²) < 4.78 is 67.6. The molecule has 5 aliphatic rings. The number of hydrogen-bond donors (Lipinski definition) is 3. The van der Waals surface area contributed by atoms with E-state index >= 15 is 8.78 Å². The Kier molecular flexibility index (Phi) is 12.9. The third kappa shape index (κ3) is 8.27. The third-order valence-corrected chi connectivity index (χ3v) is 14.5. The highest BCUT2D eigenvalue weighted by atomic mass is 19.1. The second kappa shape index (κ2) is 18.1. The van der Waals surface area contributed by atoms with Crippen molar-refractivity contribution in [2.75, 3.05) is 44.9 Å². The Bertz CT molecular complexity index is 2460. The molecule has 66 heavy (non-hydrogen) atoms. The number of allylic oxidation sites excluding steroid dienone is 4. The fourth-order valence-electron chi connectivity index (χ4n) is 11.4. The topological polar surface area (TPSA) is 212 Å². The van der Waals surface area contributed by atoms with Gasteiger partial charge in [0.25, 0.3) is 0 Å². The van der Waals surface area contributed by atoms with Crippen molar-refractivity contribution in [3.05, 3.63) is 95.9 Å². The molecule has 2 heterocycles. The molecule has 1 amide bonds. The average molecular weight is 916 g/mol. The molecule has 15 nitrogen and oxygen atoms in total. The van der Waals surface area contributed by atoms with Crippen LogP contribution in [0.5, 0.6) is 0 Å². The fraction of sp³-hybridized carbons (Fsp3) is 0.510. The summed E-state index contributed by atoms with van der Waals surface area (Å²) in [7, 11) is 0. The van der Waals surface area contributed by atoms with Gasteiger partial charge in [0.15, 0.2) is 29.4 Å². The van der Waals surface area contributed by atoms with Crippen molar-refractivity contribution in [2.45, 2.75) is 94.9 Å². The Hall–Kier alpha value is -5.30. The number of nitrogens with zero attached hydrogens (tertiary/aromatic N) is 1. The number of alkyl halides is 2. The minimum atomic E-state index is -2.36. The van der Waals surface area contributed by atoms with E-state index in [1.165, 1.54) is 19.1 Å². The van der Waals surface area contributed by atoms with Crippen LogP contribution in [0.1, 0.15) is 64.0 Å². The molecule has 17 heteroatoms. The molecule has 1 saturated heterocycles. The van der Waals surface area contributed by atoms with Crippen molar-refractivity contribution in [1.29, 1.82) is 0 Å². The summed E-state index contributed by atoms with van der Waals surface area (Å²) in [5, 5.41) is 16.6. The minimum absolute atomic E-state index is 0.00808. The molecule has 2 aromatic carbocycles. The molecule has 4 N–H and O–H groups in total. The van der Waals surface area contributed by atoms with Crippen LogP contribution in [0.3, 0.4) is 0 Å². The molecule has 4 fully saturated rings. The highest BCUT2D eigenvalue weighted by molar-refractivity contribution is 6.01. The summed E-state index contributed by atoms with van der Waals surface area (Å²) >= 11 is 0. The quantitative estimate of drug-likeness (QED) is 0.129. The zero-order chi connectivity index (χ0) is 47.2. The van der Waals surface area contributed by atoms with Crippen molar-refractivity contribution in [1.82, 2.24) is 4.98 Å². The molecule has 1 aliphatic heterocycles. The highest BCUT2D eigenvalue weighted by Crippen LogP contribution is 2.72. The molecule has 0 bridgehead atoms. The van der Waals surface area contributed by atoms with Gasteiger partial charge in [0.1, 0.15) is 26.0 Å². The number of hydrogen-bond acceptors (Lipinski definition) is 14. The second-order valence-corrected chi connectivity index (χ2v) is 18.7. The van der Waals surface area contributed by atoms with Crippen molar-refractivity contribution in [3.8, 4) is 0 Å². The number of nitrogens with two attached hydrogens (primary N) is 1. The molecule has 8 rings (SSSR count). The zero-order valence-electron chi connectivity index (χ0n) is 37.3. The van der Waals surface area contributed by atoms with Crippen LogP contribution < -0.4 is 11.1 Å². The van der Waals surface area contributed by atoms with Crippen LogP contribution in [0.25, 0.3) is 10.8 Å². The molecule has 10 atom stereocenters. The van der Waals surface area contributed by atoms with E-state index in [2.05, 4.69) is 10.3 Å². The van der Waals surface area contributed by atoms with Gasteiger partial charge in [-0.25, -0.2) is 18.4 Å². The van der Waals surface area contributed by atoms with Crippen molar-refractivity contribution in [3.63, 3.8) is 0 Å². The van der Waals surface area contributed by atoms with Crippen LogP contribution >= 0.6 is 0 Å². The van der Waals surface area contributed by atoms with Crippen molar-refractivity contribution in [2.24, 2.45) is 28.4 Å². The van der Waals surface area contributed by atoms with E-state index in [1.807, 2.05) is 18.2 Å². The van der Waals surface area contributed by atoms with Crippen LogP contribution in [-0.2, 0) is 59.0 Å². The first-order valence-electron chi connectivity index (χ1n) is 22.1. The predicted molar refractivity (Wildman–Crippen MR) is 233 cm³/mol. The number of carbonyl (C=O) groups is 5. The number of rotatable bonds is 16. The summed E-state index contributed by atoms with van der Waals surface area (Å²) in [5.74, 6) is -6.48. The standard InChI is InChI=1S/C49H55F2N3O12/c1-45(2)65-41-20-35-36-19-38(50)37-18-33(55)11-13-46(37,3)48(36,51)39(56)21-47(35,4)49(41,66-45)40(57)25-64-43(59)27-62-16-15-61-26-42(58)63-24-28-5-7-29(8-6-28)34(22-52)44(60)54-32-10-9-31-23-53-14-12-30(31)17-32/h5-14,17-18,23,34-36,38-39,41,56H,15-16,19-22,24-27,52H2,1-4H3,(H,54,60)/t34-,35+,36+,38+,39+,41-,46+,47+,48+,49-/m1/s1. The van der Waals surface area contributed by atoms with Crippen LogP contribution in [0.4, 0.5) is 14.5 Å². The van der Waals surface area contributed by atoms with Crippen molar-refractivity contribution >= 4 is 45.9 Å². The number of carbonyl (C=O) groups excluding carboxylic acids is 5. The first-order valence-corrected chi connectivity index (χ1v) is 22.1. The number of esters is 2. The minimum Gasteiger partial charge on any atom is -0.459 e. The molecule has 3 aromatic rings. The summed E-state index contributed by atoms with van der Waals surface area (Å²) in [5.41, 5.74) is 0.998. The number of halogens is 2. The smallest absolute Gasteiger partial charge is 0.332 e. The summed E-state index contributed by atoms with van der Waals surface area (Å²) in [6.45, 7) is 4.69. The van der Waals surface area contributed by atoms with Gasteiger partial charge in [0.05, 0.1) is 31.3 Å². The summed E-state index contributed by atoms with van der Waals surface area (Å²) in [6.07, 6.45) is 2.43. The molecular formula is C49H55F2N3O12. The Labute approximate surface area is 380 Å². The zero-order valence-corrected chi connectivity index (χ0v) is 37.3. The van der Waals surface area contributed by atoms with E-state index in [0.717, 1.165) is 16.8 Å².